The summed E-state index contributed by atoms with van der Waals surface area (Å²) in [5.74, 6) is -0.190. The fourth-order valence-electron chi connectivity index (χ4n) is 3.04. The number of aromatic nitrogens is 1. The third-order valence-corrected chi connectivity index (χ3v) is 7.00. The first-order valence-electron chi connectivity index (χ1n) is 8.92. The number of hydrogen-bond donors (Lipinski definition) is 0. The molecular weight excluding hydrogens is 400 g/mol. The second-order valence-electron chi connectivity index (χ2n) is 6.82. The molecule has 1 amide bonds. The minimum absolute atomic E-state index is 0.0567. The van der Waals surface area contributed by atoms with Crippen LogP contribution < -0.4 is 0 Å². The van der Waals surface area contributed by atoms with Crippen molar-refractivity contribution in [2.45, 2.75) is 11.4 Å². The summed E-state index contributed by atoms with van der Waals surface area (Å²) in [5, 5.41) is 0.102. The molecule has 0 saturated carbocycles. The summed E-state index contributed by atoms with van der Waals surface area (Å²) in [6.45, 7) is 3.36. The Kier molecular flexibility index (Phi) is 6.34. The molecule has 0 unspecified atom stereocenters. The Morgan fingerprint density at radius 2 is 1.86 bits per heavy atom. The number of amides is 1. The highest BCUT2D eigenvalue weighted by Crippen LogP contribution is 2.25. The number of pyridine rings is 1. The van der Waals surface area contributed by atoms with Gasteiger partial charge in [0.15, 0.2) is 0 Å². The number of benzene rings is 1. The van der Waals surface area contributed by atoms with Gasteiger partial charge in [-0.05, 0) is 30.3 Å². The summed E-state index contributed by atoms with van der Waals surface area (Å²) >= 11 is 6.07. The maximum Gasteiger partial charge on any atom is 0.253 e. The molecule has 1 aliphatic heterocycles. The Morgan fingerprint density at radius 1 is 1.14 bits per heavy atom. The molecule has 0 radical (unpaired) electrons. The molecule has 28 heavy (non-hydrogen) atoms. The summed E-state index contributed by atoms with van der Waals surface area (Å²) in [5.41, 5.74) is 1.32. The first-order chi connectivity index (χ1) is 13.3. The van der Waals surface area contributed by atoms with Crippen molar-refractivity contribution in [1.82, 2.24) is 19.1 Å². The first kappa shape index (κ1) is 20.7. The Morgan fingerprint density at radius 3 is 2.46 bits per heavy atom. The second-order valence-corrected chi connectivity index (χ2v) is 9.35. The zero-order valence-electron chi connectivity index (χ0n) is 15.9. The van der Waals surface area contributed by atoms with E-state index in [1.807, 2.05) is 18.2 Å². The smallest absolute Gasteiger partial charge is 0.253 e. The van der Waals surface area contributed by atoms with Crippen LogP contribution in [0.2, 0.25) is 5.02 Å². The first-order valence-corrected chi connectivity index (χ1v) is 10.7. The molecule has 9 heteroatoms. The van der Waals surface area contributed by atoms with Gasteiger partial charge in [0.05, 0.1) is 10.7 Å². The van der Waals surface area contributed by atoms with Crippen LogP contribution in [-0.4, -0.2) is 73.7 Å². The van der Waals surface area contributed by atoms with Crippen LogP contribution in [0.1, 0.15) is 16.1 Å². The van der Waals surface area contributed by atoms with E-state index in [9.17, 15) is 13.2 Å². The molecule has 1 aromatic heterocycles. The van der Waals surface area contributed by atoms with Crippen LogP contribution in [0.4, 0.5) is 0 Å². The van der Waals surface area contributed by atoms with E-state index in [4.69, 9.17) is 11.6 Å². The number of piperazine rings is 1. The van der Waals surface area contributed by atoms with Gasteiger partial charge in [-0.2, -0.15) is 0 Å². The van der Waals surface area contributed by atoms with Gasteiger partial charge in [-0.15, -0.1) is 0 Å². The average molecular weight is 423 g/mol. The fraction of sp³-hybridized carbons (Fsp3) is 0.368. The van der Waals surface area contributed by atoms with Crippen molar-refractivity contribution in [3.8, 4) is 0 Å². The van der Waals surface area contributed by atoms with Gasteiger partial charge >= 0.3 is 0 Å². The van der Waals surface area contributed by atoms with Gasteiger partial charge in [0, 0.05) is 58.6 Å². The maximum absolute atomic E-state index is 12.9. The topological polar surface area (TPSA) is 73.8 Å². The molecule has 0 N–H and O–H groups in total. The van der Waals surface area contributed by atoms with Crippen LogP contribution in [-0.2, 0) is 16.6 Å². The van der Waals surface area contributed by atoms with Crippen molar-refractivity contribution in [2.75, 3.05) is 40.3 Å². The molecule has 1 aromatic carbocycles. The predicted molar refractivity (Wildman–Crippen MR) is 108 cm³/mol. The standard InChI is InChI=1S/C19H23ClN4O3S/c1-22(2)28(26,27)18-13-15(6-7-17(18)20)19(25)24-11-9-23(10-12-24)14-16-5-3-4-8-21-16/h3-8,13H,9-12,14H2,1-2H3. The lowest BCUT2D eigenvalue weighted by atomic mass is 10.1. The summed E-state index contributed by atoms with van der Waals surface area (Å²) in [6.07, 6.45) is 1.77. The molecule has 0 bridgehead atoms. The van der Waals surface area contributed by atoms with Crippen molar-refractivity contribution in [2.24, 2.45) is 0 Å². The van der Waals surface area contributed by atoms with Crippen molar-refractivity contribution >= 4 is 27.5 Å². The number of nitrogens with zero attached hydrogens (tertiary/aromatic N) is 4. The number of rotatable bonds is 5. The minimum atomic E-state index is -3.72. The lowest BCUT2D eigenvalue weighted by Crippen LogP contribution is -2.48. The number of sulfonamides is 1. The molecule has 2 heterocycles. The van der Waals surface area contributed by atoms with E-state index in [2.05, 4.69) is 9.88 Å². The van der Waals surface area contributed by atoms with Gasteiger partial charge in [0.1, 0.15) is 4.90 Å². The van der Waals surface area contributed by atoms with Gasteiger partial charge in [-0.1, -0.05) is 17.7 Å². The van der Waals surface area contributed by atoms with Crippen molar-refractivity contribution in [1.29, 1.82) is 0 Å². The molecule has 3 rings (SSSR count). The van der Waals surface area contributed by atoms with E-state index in [0.29, 0.717) is 18.7 Å². The molecule has 0 atom stereocenters. The van der Waals surface area contributed by atoms with Gasteiger partial charge < -0.3 is 4.90 Å². The van der Waals surface area contributed by atoms with E-state index in [-0.39, 0.29) is 15.8 Å². The van der Waals surface area contributed by atoms with E-state index in [0.717, 1.165) is 29.6 Å². The van der Waals surface area contributed by atoms with Crippen LogP contribution in [0.25, 0.3) is 0 Å². The third kappa shape index (κ3) is 4.52. The van der Waals surface area contributed by atoms with Gasteiger partial charge in [-0.3, -0.25) is 14.7 Å². The Labute approximate surface area is 170 Å². The van der Waals surface area contributed by atoms with Gasteiger partial charge in [0.25, 0.3) is 5.91 Å². The average Bonchev–Trinajstić information content (AvgIpc) is 2.69. The molecule has 7 nitrogen and oxygen atoms in total. The molecule has 1 aliphatic rings. The van der Waals surface area contributed by atoms with Gasteiger partial charge in [-0.25, -0.2) is 12.7 Å². The SMILES string of the molecule is CN(C)S(=O)(=O)c1cc(C(=O)N2CCN(Cc3ccccn3)CC2)ccc1Cl. The normalized spacial score (nSPS) is 15.8. The van der Waals surface area contributed by atoms with Crippen molar-refractivity contribution < 1.29 is 13.2 Å². The van der Waals surface area contributed by atoms with Crippen LogP contribution in [0.15, 0.2) is 47.5 Å². The molecule has 0 aliphatic carbocycles. The van der Waals surface area contributed by atoms with Crippen LogP contribution in [0.3, 0.4) is 0 Å². The molecule has 1 fully saturated rings. The number of carbonyl (C=O) groups is 1. The third-order valence-electron chi connectivity index (χ3n) is 4.71. The Bertz CT molecular complexity index is 943. The second kappa shape index (κ2) is 8.57. The predicted octanol–water partition coefficient (Wildman–Crippen LogP) is 1.94. The maximum atomic E-state index is 12.9. The quantitative estimate of drug-likeness (QED) is 0.736. The Hall–Kier alpha value is -2.00. The summed E-state index contributed by atoms with van der Waals surface area (Å²) in [6, 6.07) is 10.2. The van der Waals surface area contributed by atoms with E-state index in [1.54, 1.807) is 17.2 Å². The highest BCUT2D eigenvalue weighted by atomic mass is 35.5. The largest absolute Gasteiger partial charge is 0.336 e. The lowest BCUT2D eigenvalue weighted by molar-refractivity contribution is 0.0627. The van der Waals surface area contributed by atoms with E-state index >= 15 is 0 Å². The summed E-state index contributed by atoms with van der Waals surface area (Å²) in [7, 11) is -0.859. The summed E-state index contributed by atoms with van der Waals surface area (Å²) < 4.78 is 25.9. The van der Waals surface area contributed by atoms with E-state index in [1.165, 1.54) is 26.2 Å². The molecule has 0 spiro atoms. The monoisotopic (exact) mass is 422 g/mol. The highest BCUT2D eigenvalue weighted by Gasteiger charge is 2.26. The molecule has 150 valence electrons. The molecule has 1 saturated heterocycles. The van der Waals surface area contributed by atoms with Crippen LogP contribution in [0.5, 0.6) is 0 Å². The lowest BCUT2D eigenvalue weighted by Gasteiger charge is -2.34. The van der Waals surface area contributed by atoms with E-state index < -0.39 is 10.0 Å². The zero-order valence-corrected chi connectivity index (χ0v) is 17.4. The molecule has 2 aromatic rings. The number of carbonyl (C=O) groups excluding carboxylic acids is 1. The minimum Gasteiger partial charge on any atom is -0.336 e. The number of hydrogen-bond acceptors (Lipinski definition) is 5. The fourth-order valence-corrected chi connectivity index (χ4v) is 4.44. The van der Waals surface area contributed by atoms with Crippen LogP contribution >= 0.6 is 11.6 Å². The summed E-state index contributed by atoms with van der Waals surface area (Å²) in [4.78, 5) is 21.1. The van der Waals surface area contributed by atoms with Crippen molar-refractivity contribution in [3.63, 3.8) is 0 Å². The van der Waals surface area contributed by atoms with Gasteiger partial charge in [0.2, 0.25) is 10.0 Å². The Balaban J connectivity index is 1.69. The van der Waals surface area contributed by atoms with Crippen molar-refractivity contribution in [3.05, 3.63) is 58.9 Å². The number of halogens is 1. The zero-order chi connectivity index (χ0) is 20.3. The molecular formula is C19H23ClN4O3S. The van der Waals surface area contributed by atoms with Crippen LogP contribution in [0, 0.1) is 0 Å². The highest BCUT2D eigenvalue weighted by molar-refractivity contribution is 7.89.